The fourth-order valence-corrected chi connectivity index (χ4v) is 4.49. The molecule has 2 heterocycles. The van der Waals surface area contributed by atoms with Crippen molar-refractivity contribution in [1.29, 1.82) is 0 Å². The molecule has 0 atom stereocenters. The fraction of sp³-hybridized carbons (Fsp3) is 0.0870. The Kier molecular flexibility index (Phi) is 4.29. The highest BCUT2D eigenvalue weighted by atomic mass is 32.2. The summed E-state index contributed by atoms with van der Waals surface area (Å²) in [6.07, 6.45) is 1.63. The average Bonchev–Trinajstić information content (AvgIpc) is 2.74. The molecule has 0 bridgehead atoms. The molecule has 0 spiro atoms. The summed E-state index contributed by atoms with van der Waals surface area (Å²) in [4.78, 5) is 14.9. The standard InChI is InChI=1S/C23H17N3OS/c1-2-27-15-11-12-21-18(13-15)22(16-7-3-6-10-20(16)26-21)28-23-17-8-4-5-9-19(17)24-14-25-23/h3-14H,2H2,1H3. The average molecular weight is 383 g/mol. The summed E-state index contributed by atoms with van der Waals surface area (Å²) >= 11 is 1.66. The van der Waals surface area contributed by atoms with Crippen molar-refractivity contribution in [3.8, 4) is 5.75 Å². The van der Waals surface area contributed by atoms with E-state index < -0.39 is 0 Å². The lowest BCUT2D eigenvalue weighted by atomic mass is 10.1. The molecule has 0 unspecified atom stereocenters. The van der Waals surface area contributed by atoms with Crippen LogP contribution in [0.15, 0.2) is 83.0 Å². The number of benzene rings is 3. The predicted octanol–water partition coefficient (Wildman–Crippen LogP) is 5.88. The molecule has 0 aliphatic carbocycles. The maximum Gasteiger partial charge on any atom is 0.120 e. The lowest BCUT2D eigenvalue weighted by Crippen LogP contribution is -1.93. The summed E-state index contributed by atoms with van der Waals surface area (Å²) in [5.74, 6) is 0.849. The Hall–Kier alpha value is -3.18. The van der Waals surface area contributed by atoms with Gasteiger partial charge < -0.3 is 4.74 Å². The van der Waals surface area contributed by atoms with Crippen LogP contribution in [0, 0.1) is 0 Å². The smallest absolute Gasteiger partial charge is 0.120 e. The van der Waals surface area contributed by atoms with Crippen molar-refractivity contribution < 1.29 is 4.74 Å². The van der Waals surface area contributed by atoms with Gasteiger partial charge in [-0.2, -0.15) is 0 Å². The molecular weight excluding hydrogens is 366 g/mol. The summed E-state index contributed by atoms with van der Waals surface area (Å²) in [7, 11) is 0. The van der Waals surface area contributed by atoms with Crippen LogP contribution >= 0.6 is 11.8 Å². The minimum absolute atomic E-state index is 0.630. The zero-order valence-corrected chi connectivity index (χ0v) is 16.1. The van der Waals surface area contributed by atoms with Crippen LogP contribution in [0.2, 0.25) is 0 Å². The van der Waals surface area contributed by atoms with Gasteiger partial charge in [-0.25, -0.2) is 15.0 Å². The molecule has 5 aromatic rings. The van der Waals surface area contributed by atoms with E-state index in [9.17, 15) is 0 Å². The molecule has 0 saturated heterocycles. The first-order valence-electron chi connectivity index (χ1n) is 9.16. The quantitative estimate of drug-likeness (QED) is 0.286. The molecule has 5 rings (SSSR count). The Morgan fingerprint density at radius 1 is 0.786 bits per heavy atom. The van der Waals surface area contributed by atoms with Gasteiger partial charge in [-0.05, 0) is 37.3 Å². The number of ether oxygens (including phenoxy) is 1. The highest BCUT2D eigenvalue weighted by Gasteiger charge is 2.14. The number of nitrogens with zero attached hydrogens (tertiary/aromatic N) is 3. The maximum atomic E-state index is 5.74. The molecule has 0 radical (unpaired) electrons. The largest absolute Gasteiger partial charge is 0.494 e. The van der Waals surface area contributed by atoms with Gasteiger partial charge in [0.25, 0.3) is 0 Å². The van der Waals surface area contributed by atoms with Crippen molar-refractivity contribution in [1.82, 2.24) is 15.0 Å². The van der Waals surface area contributed by atoms with E-state index in [1.807, 2.05) is 55.5 Å². The molecule has 0 aliphatic rings. The minimum atomic E-state index is 0.630. The van der Waals surface area contributed by atoms with Crippen LogP contribution < -0.4 is 4.74 Å². The number of aromatic nitrogens is 3. The van der Waals surface area contributed by atoms with E-state index in [-0.39, 0.29) is 0 Å². The van der Waals surface area contributed by atoms with Gasteiger partial charge in [-0.15, -0.1) is 0 Å². The number of para-hydroxylation sites is 2. The second kappa shape index (κ2) is 7.09. The molecule has 0 fully saturated rings. The first kappa shape index (κ1) is 17.0. The number of fused-ring (bicyclic) bond motifs is 3. The summed E-state index contributed by atoms with van der Waals surface area (Å²) < 4.78 is 5.74. The summed E-state index contributed by atoms with van der Waals surface area (Å²) in [5, 5.41) is 4.16. The van der Waals surface area contributed by atoms with E-state index in [0.29, 0.717) is 6.61 Å². The van der Waals surface area contributed by atoms with Gasteiger partial charge in [0, 0.05) is 21.1 Å². The Bertz CT molecular complexity index is 1310. The molecule has 5 heteroatoms. The second-order valence-corrected chi connectivity index (χ2v) is 7.37. The number of hydrogen-bond donors (Lipinski definition) is 0. The Balaban J connectivity index is 1.78. The lowest BCUT2D eigenvalue weighted by Gasteiger charge is -2.12. The highest BCUT2D eigenvalue weighted by molar-refractivity contribution is 8.00. The van der Waals surface area contributed by atoms with Crippen LogP contribution in [0.3, 0.4) is 0 Å². The van der Waals surface area contributed by atoms with Crippen molar-refractivity contribution in [3.05, 3.63) is 73.1 Å². The van der Waals surface area contributed by atoms with Crippen LogP contribution in [-0.2, 0) is 0 Å². The normalized spacial score (nSPS) is 11.3. The van der Waals surface area contributed by atoms with Crippen molar-refractivity contribution in [2.45, 2.75) is 16.8 Å². The van der Waals surface area contributed by atoms with E-state index in [1.54, 1.807) is 18.1 Å². The maximum absolute atomic E-state index is 5.74. The molecule has 2 aromatic heterocycles. The van der Waals surface area contributed by atoms with E-state index in [0.717, 1.165) is 48.4 Å². The predicted molar refractivity (Wildman–Crippen MR) is 114 cm³/mol. The van der Waals surface area contributed by atoms with Crippen LogP contribution in [-0.4, -0.2) is 21.6 Å². The van der Waals surface area contributed by atoms with Crippen molar-refractivity contribution >= 4 is 44.5 Å². The first-order chi connectivity index (χ1) is 13.8. The minimum Gasteiger partial charge on any atom is -0.494 e. The van der Waals surface area contributed by atoms with Gasteiger partial charge in [0.2, 0.25) is 0 Å². The van der Waals surface area contributed by atoms with Crippen molar-refractivity contribution in [3.63, 3.8) is 0 Å². The molecule has 0 saturated carbocycles. The van der Waals surface area contributed by atoms with Crippen molar-refractivity contribution in [2.24, 2.45) is 0 Å². The van der Waals surface area contributed by atoms with Gasteiger partial charge in [0.05, 0.1) is 23.2 Å². The van der Waals surface area contributed by atoms with E-state index >= 15 is 0 Å². The van der Waals surface area contributed by atoms with Gasteiger partial charge in [0.15, 0.2) is 0 Å². The summed E-state index contributed by atoms with van der Waals surface area (Å²) in [6.45, 7) is 2.62. The molecule has 28 heavy (non-hydrogen) atoms. The Morgan fingerprint density at radius 3 is 2.39 bits per heavy atom. The summed E-state index contributed by atoms with van der Waals surface area (Å²) in [5.41, 5.74) is 2.86. The third kappa shape index (κ3) is 2.94. The van der Waals surface area contributed by atoms with Gasteiger partial charge in [-0.3, -0.25) is 0 Å². The molecule has 0 aliphatic heterocycles. The molecule has 0 N–H and O–H groups in total. The van der Waals surface area contributed by atoms with Gasteiger partial charge >= 0.3 is 0 Å². The number of pyridine rings is 1. The van der Waals surface area contributed by atoms with Crippen LogP contribution in [0.1, 0.15) is 6.92 Å². The molecular formula is C23H17N3OS. The molecule has 0 amide bonds. The lowest BCUT2D eigenvalue weighted by molar-refractivity contribution is 0.340. The second-order valence-electron chi connectivity index (χ2n) is 6.37. The number of rotatable bonds is 4. The molecule has 4 nitrogen and oxygen atoms in total. The van der Waals surface area contributed by atoms with Crippen LogP contribution in [0.4, 0.5) is 0 Å². The van der Waals surface area contributed by atoms with E-state index in [2.05, 4.69) is 28.2 Å². The van der Waals surface area contributed by atoms with Crippen LogP contribution in [0.25, 0.3) is 32.7 Å². The Labute approximate surface area is 166 Å². The topological polar surface area (TPSA) is 47.9 Å². The number of hydrogen-bond acceptors (Lipinski definition) is 5. The van der Waals surface area contributed by atoms with Crippen LogP contribution in [0.5, 0.6) is 5.75 Å². The fourth-order valence-electron chi connectivity index (χ4n) is 3.36. The Morgan fingerprint density at radius 2 is 1.54 bits per heavy atom. The van der Waals surface area contributed by atoms with Gasteiger partial charge in [-0.1, -0.05) is 48.2 Å². The monoisotopic (exact) mass is 383 g/mol. The molecule has 136 valence electrons. The van der Waals surface area contributed by atoms with E-state index in [4.69, 9.17) is 9.72 Å². The third-order valence-corrected chi connectivity index (χ3v) is 5.78. The third-order valence-electron chi connectivity index (χ3n) is 4.62. The highest BCUT2D eigenvalue weighted by Crippen LogP contribution is 2.40. The molecule has 3 aromatic carbocycles. The first-order valence-corrected chi connectivity index (χ1v) is 9.98. The SMILES string of the molecule is CCOc1ccc2nc3ccccc3c(Sc3ncnc4ccccc34)c2c1. The zero-order valence-electron chi connectivity index (χ0n) is 15.3. The van der Waals surface area contributed by atoms with Crippen molar-refractivity contribution in [2.75, 3.05) is 6.61 Å². The van der Waals surface area contributed by atoms with Gasteiger partial charge in [0.1, 0.15) is 17.1 Å². The van der Waals surface area contributed by atoms with E-state index in [1.165, 1.54) is 0 Å². The summed E-state index contributed by atoms with van der Waals surface area (Å²) in [6, 6.07) is 22.4. The zero-order chi connectivity index (χ0) is 18.9.